The van der Waals surface area contributed by atoms with Crippen molar-refractivity contribution in [1.29, 1.82) is 0 Å². The van der Waals surface area contributed by atoms with Gasteiger partial charge >= 0.3 is 0 Å². The summed E-state index contributed by atoms with van der Waals surface area (Å²) in [5.41, 5.74) is 5.38. The van der Waals surface area contributed by atoms with Crippen LogP contribution < -0.4 is 5.73 Å². The van der Waals surface area contributed by atoms with E-state index in [9.17, 15) is 5.11 Å². The molecule has 6 heteroatoms. The third kappa shape index (κ3) is 1.58. The Morgan fingerprint density at radius 3 is 2.25 bits per heavy atom. The van der Waals surface area contributed by atoms with Gasteiger partial charge in [0.25, 0.3) is 0 Å². The van der Waals surface area contributed by atoms with Crippen molar-refractivity contribution in [2.45, 2.75) is 30.6 Å². The molecular formula is C6H13NO5. The molecule has 1 saturated heterocycles. The Labute approximate surface area is 69.2 Å². The fourth-order valence-electron chi connectivity index (χ4n) is 1.13. The van der Waals surface area contributed by atoms with Crippen LogP contribution in [-0.2, 0) is 4.74 Å². The van der Waals surface area contributed by atoms with E-state index in [0.717, 1.165) is 0 Å². The van der Waals surface area contributed by atoms with Gasteiger partial charge in [-0.05, 0) is 0 Å². The lowest BCUT2D eigenvalue weighted by molar-refractivity contribution is -0.258. The van der Waals surface area contributed by atoms with E-state index in [4.69, 9.17) is 25.8 Å². The van der Waals surface area contributed by atoms with Gasteiger partial charge in [-0.3, -0.25) is 0 Å². The summed E-state index contributed by atoms with van der Waals surface area (Å²) < 4.78 is 4.70. The van der Waals surface area contributed by atoms with E-state index in [0.29, 0.717) is 0 Å². The van der Waals surface area contributed by atoms with Crippen LogP contribution >= 0.6 is 0 Å². The summed E-state index contributed by atoms with van der Waals surface area (Å²) in [5, 5.41) is 35.9. The van der Waals surface area contributed by atoms with Crippen LogP contribution in [0.5, 0.6) is 0 Å². The van der Waals surface area contributed by atoms with Crippen LogP contribution in [0.4, 0.5) is 0 Å². The van der Waals surface area contributed by atoms with Crippen molar-refractivity contribution in [3.8, 4) is 0 Å². The van der Waals surface area contributed by atoms with Gasteiger partial charge in [0.05, 0.1) is 12.6 Å². The average molecular weight is 179 g/mol. The molecule has 0 aromatic rings. The second kappa shape index (κ2) is 3.65. The number of rotatable bonds is 1. The lowest BCUT2D eigenvalue weighted by atomic mass is 9.98. The maximum atomic E-state index is 9.19. The fraction of sp³-hybridized carbons (Fsp3) is 1.00. The predicted molar refractivity (Wildman–Crippen MR) is 38.0 cm³/mol. The summed E-state index contributed by atoms with van der Waals surface area (Å²) in [4.78, 5) is 0. The molecule has 0 aromatic carbocycles. The zero-order chi connectivity index (χ0) is 9.30. The van der Waals surface area contributed by atoms with Gasteiger partial charge in [0.15, 0.2) is 6.29 Å². The minimum Gasteiger partial charge on any atom is -0.394 e. The largest absolute Gasteiger partial charge is 0.394 e. The Kier molecular flexibility index (Phi) is 2.99. The van der Waals surface area contributed by atoms with Gasteiger partial charge in [-0.25, -0.2) is 0 Å². The number of nitrogens with two attached hydrogens (primary N) is 1. The quantitative estimate of drug-likeness (QED) is 0.288. The second-order valence-corrected chi connectivity index (χ2v) is 2.81. The smallest absolute Gasteiger partial charge is 0.183 e. The van der Waals surface area contributed by atoms with Crippen molar-refractivity contribution in [3.63, 3.8) is 0 Å². The van der Waals surface area contributed by atoms with Crippen molar-refractivity contribution < 1.29 is 25.2 Å². The van der Waals surface area contributed by atoms with E-state index in [1.54, 1.807) is 0 Å². The predicted octanol–water partition coefficient (Wildman–Crippen LogP) is -3.26. The number of aliphatic hydroxyl groups excluding tert-OH is 4. The van der Waals surface area contributed by atoms with Gasteiger partial charge in [0, 0.05) is 0 Å². The molecule has 0 radical (unpaired) electrons. The zero-order valence-electron chi connectivity index (χ0n) is 6.37. The van der Waals surface area contributed by atoms with Gasteiger partial charge in [0.1, 0.15) is 18.3 Å². The number of aliphatic hydroxyl groups is 4. The molecule has 0 amide bonds. The third-order valence-corrected chi connectivity index (χ3v) is 1.96. The monoisotopic (exact) mass is 179 g/mol. The Bertz CT molecular complexity index is 150. The molecule has 0 aromatic heterocycles. The first-order valence-corrected chi connectivity index (χ1v) is 3.64. The molecule has 1 fully saturated rings. The van der Waals surface area contributed by atoms with Crippen molar-refractivity contribution in [1.82, 2.24) is 0 Å². The van der Waals surface area contributed by atoms with E-state index in [-0.39, 0.29) is 0 Å². The van der Waals surface area contributed by atoms with E-state index < -0.39 is 37.3 Å². The molecule has 0 unspecified atom stereocenters. The molecule has 1 heterocycles. The molecule has 6 nitrogen and oxygen atoms in total. The zero-order valence-corrected chi connectivity index (χ0v) is 6.37. The van der Waals surface area contributed by atoms with Gasteiger partial charge < -0.3 is 30.9 Å². The van der Waals surface area contributed by atoms with Crippen molar-refractivity contribution in [3.05, 3.63) is 0 Å². The molecule has 0 bridgehead atoms. The first-order chi connectivity index (χ1) is 5.57. The summed E-state index contributed by atoms with van der Waals surface area (Å²) in [5.74, 6) is 0. The minimum absolute atomic E-state index is 0.401. The second-order valence-electron chi connectivity index (χ2n) is 2.81. The van der Waals surface area contributed by atoms with Crippen LogP contribution in [0, 0.1) is 0 Å². The third-order valence-electron chi connectivity index (χ3n) is 1.96. The van der Waals surface area contributed by atoms with Crippen LogP contribution in [0.2, 0.25) is 0 Å². The molecule has 1 aliphatic heterocycles. The summed E-state index contributed by atoms with van der Waals surface area (Å²) in [7, 11) is 0. The van der Waals surface area contributed by atoms with E-state index in [2.05, 4.69) is 0 Å². The highest BCUT2D eigenvalue weighted by Gasteiger charge is 2.41. The summed E-state index contributed by atoms with van der Waals surface area (Å²) in [6, 6.07) is -0.881. The molecule has 6 N–H and O–H groups in total. The van der Waals surface area contributed by atoms with Crippen LogP contribution in [0.3, 0.4) is 0 Å². The Morgan fingerprint density at radius 1 is 1.17 bits per heavy atom. The van der Waals surface area contributed by atoms with E-state index in [1.165, 1.54) is 0 Å². The first kappa shape index (κ1) is 9.85. The fourth-order valence-corrected chi connectivity index (χ4v) is 1.13. The Balaban J connectivity index is 2.63. The standard InChI is InChI=1S/C6H13NO5/c7-3-2(1-8)12-6(11)5(10)4(3)9/h2-6,8-11H,1,7H2/t2-,3-,4+,5+,6+/m1/s1. The Hall–Kier alpha value is -0.240. The van der Waals surface area contributed by atoms with Crippen LogP contribution in [0.15, 0.2) is 0 Å². The van der Waals surface area contributed by atoms with Gasteiger partial charge in [-0.1, -0.05) is 0 Å². The number of hydrogen-bond donors (Lipinski definition) is 5. The lowest BCUT2D eigenvalue weighted by Gasteiger charge is -2.38. The van der Waals surface area contributed by atoms with Crippen molar-refractivity contribution in [2.75, 3.05) is 6.61 Å². The molecule has 72 valence electrons. The SMILES string of the molecule is N[C@H]1[C@H](O)[C@H](O)[C@@H](O)O[C@@H]1CO. The first-order valence-electron chi connectivity index (χ1n) is 3.64. The normalized spacial score (nSPS) is 49.2. The van der Waals surface area contributed by atoms with Gasteiger partial charge in [-0.2, -0.15) is 0 Å². The molecular weight excluding hydrogens is 166 g/mol. The van der Waals surface area contributed by atoms with Crippen molar-refractivity contribution in [2.24, 2.45) is 5.73 Å². The van der Waals surface area contributed by atoms with E-state index >= 15 is 0 Å². The van der Waals surface area contributed by atoms with Gasteiger partial charge in [0.2, 0.25) is 0 Å². The van der Waals surface area contributed by atoms with Crippen LogP contribution in [-0.4, -0.2) is 57.7 Å². The molecule has 12 heavy (non-hydrogen) atoms. The number of ether oxygens (including phenoxy) is 1. The number of hydrogen-bond acceptors (Lipinski definition) is 6. The highest BCUT2D eigenvalue weighted by molar-refractivity contribution is 4.90. The van der Waals surface area contributed by atoms with Crippen LogP contribution in [0.25, 0.3) is 0 Å². The van der Waals surface area contributed by atoms with Crippen molar-refractivity contribution >= 4 is 0 Å². The summed E-state index contributed by atoms with van der Waals surface area (Å²) in [6.07, 6.45) is -5.01. The summed E-state index contributed by atoms with van der Waals surface area (Å²) in [6.45, 7) is -0.401. The lowest BCUT2D eigenvalue weighted by Crippen LogP contribution is -2.61. The molecule has 0 saturated carbocycles. The highest BCUT2D eigenvalue weighted by atomic mass is 16.6. The topological polar surface area (TPSA) is 116 Å². The molecule has 0 spiro atoms. The maximum Gasteiger partial charge on any atom is 0.183 e. The summed E-state index contributed by atoms with van der Waals surface area (Å²) >= 11 is 0. The molecule has 0 aliphatic carbocycles. The maximum absolute atomic E-state index is 9.19. The van der Waals surface area contributed by atoms with Gasteiger partial charge in [-0.15, -0.1) is 0 Å². The Morgan fingerprint density at radius 2 is 1.75 bits per heavy atom. The van der Waals surface area contributed by atoms with E-state index in [1.807, 2.05) is 0 Å². The molecule has 1 rings (SSSR count). The van der Waals surface area contributed by atoms with Crippen LogP contribution in [0.1, 0.15) is 0 Å². The highest BCUT2D eigenvalue weighted by Crippen LogP contribution is 2.17. The molecule has 1 aliphatic rings. The average Bonchev–Trinajstić information content (AvgIpc) is 2.08. The minimum atomic E-state index is -1.49. The molecule has 5 atom stereocenters.